The zero-order valence-electron chi connectivity index (χ0n) is 8.27. The molecule has 0 radical (unpaired) electrons. The molecule has 0 aliphatic heterocycles. The number of carboxylic acid groups (broad SMARTS) is 1. The monoisotopic (exact) mass is 210 g/mol. The first-order valence-electron chi connectivity index (χ1n) is 4.54. The van der Waals surface area contributed by atoms with E-state index in [1.54, 1.807) is 0 Å². The van der Waals surface area contributed by atoms with Gasteiger partial charge in [0, 0.05) is 4.90 Å². The maximum Gasteiger partial charge on any atom is 0.311 e. The lowest BCUT2D eigenvalue weighted by molar-refractivity contribution is -0.139. The maximum absolute atomic E-state index is 11.0. The van der Waals surface area contributed by atoms with Crippen molar-refractivity contribution in [3.63, 3.8) is 0 Å². The van der Waals surface area contributed by atoms with Crippen molar-refractivity contribution in [3.8, 4) is 0 Å². The fourth-order valence-corrected chi connectivity index (χ4v) is 1.64. The quantitative estimate of drug-likeness (QED) is 0.753. The van der Waals surface area contributed by atoms with Gasteiger partial charge < -0.3 is 5.11 Å². The van der Waals surface area contributed by atoms with Crippen LogP contribution in [0.15, 0.2) is 29.2 Å². The Labute approximate surface area is 89.4 Å². The van der Waals surface area contributed by atoms with E-state index in [0.717, 1.165) is 10.5 Å². The third-order valence-electron chi connectivity index (χ3n) is 2.18. The van der Waals surface area contributed by atoms with Crippen molar-refractivity contribution in [1.29, 1.82) is 0 Å². The first-order valence-corrected chi connectivity index (χ1v) is 4.99. The summed E-state index contributed by atoms with van der Waals surface area (Å²) in [5.74, 6) is -1.10. The fourth-order valence-electron chi connectivity index (χ4n) is 1.49. The molecule has 0 saturated carbocycles. The lowest BCUT2D eigenvalue weighted by atomic mass is 9.89. The van der Waals surface area contributed by atoms with Crippen molar-refractivity contribution in [3.05, 3.63) is 29.8 Å². The SMILES string of the molecule is CC(C)C(C(=O)O)c1ccc(S)cc1. The molecule has 0 fully saturated rings. The Morgan fingerprint density at radius 3 is 2.14 bits per heavy atom. The third kappa shape index (κ3) is 2.51. The molecule has 0 spiro atoms. The predicted molar refractivity (Wildman–Crippen MR) is 58.9 cm³/mol. The average molecular weight is 210 g/mol. The van der Waals surface area contributed by atoms with Gasteiger partial charge in [0.15, 0.2) is 0 Å². The molecule has 0 amide bonds. The molecule has 0 aliphatic carbocycles. The van der Waals surface area contributed by atoms with Crippen LogP contribution >= 0.6 is 12.6 Å². The summed E-state index contributed by atoms with van der Waals surface area (Å²) in [5.41, 5.74) is 0.838. The Kier molecular flexibility index (Phi) is 3.58. The summed E-state index contributed by atoms with van der Waals surface area (Å²) in [4.78, 5) is 11.9. The largest absolute Gasteiger partial charge is 0.481 e. The Morgan fingerprint density at radius 1 is 1.29 bits per heavy atom. The molecule has 1 N–H and O–H groups in total. The van der Waals surface area contributed by atoms with Crippen molar-refractivity contribution < 1.29 is 9.90 Å². The summed E-state index contributed by atoms with van der Waals surface area (Å²) >= 11 is 4.16. The van der Waals surface area contributed by atoms with Gasteiger partial charge in [0.2, 0.25) is 0 Å². The standard InChI is InChI=1S/C11H14O2S/c1-7(2)10(11(12)13)8-3-5-9(14)6-4-8/h3-7,10,14H,1-2H3,(H,12,13). The molecule has 1 atom stereocenters. The van der Waals surface area contributed by atoms with Crippen LogP contribution in [-0.2, 0) is 4.79 Å². The summed E-state index contributed by atoms with van der Waals surface area (Å²) in [6.45, 7) is 3.82. The van der Waals surface area contributed by atoms with Gasteiger partial charge in [-0.25, -0.2) is 0 Å². The molecule has 0 heterocycles. The fraction of sp³-hybridized carbons (Fsp3) is 0.364. The Morgan fingerprint density at radius 2 is 1.79 bits per heavy atom. The molecule has 0 bridgehead atoms. The normalized spacial score (nSPS) is 12.9. The summed E-state index contributed by atoms with van der Waals surface area (Å²) in [6.07, 6.45) is 0. The van der Waals surface area contributed by atoms with E-state index < -0.39 is 11.9 Å². The third-order valence-corrected chi connectivity index (χ3v) is 2.48. The molecular weight excluding hydrogens is 196 g/mol. The Hall–Kier alpha value is -0.960. The van der Waals surface area contributed by atoms with Crippen LogP contribution in [0, 0.1) is 5.92 Å². The minimum Gasteiger partial charge on any atom is -0.481 e. The van der Waals surface area contributed by atoms with Crippen LogP contribution in [-0.4, -0.2) is 11.1 Å². The second kappa shape index (κ2) is 4.51. The van der Waals surface area contributed by atoms with Gasteiger partial charge in [-0.3, -0.25) is 4.79 Å². The molecule has 76 valence electrons. The van der Waals surface area contributed by atoms with Gasteiger partial charge in [0.05, 0.1) is 5.92 Å². The van der Waals surface area contributed by atoms with Crippen LogP contribution in [0.4, 0.5) is 0 Å². The lowest BCUT2D eigenvalue weighted by Crippen LogP contribution is -2.17. The molecule has 0 aliphatic rings. The highest BCUT2D eigenvalue weighted by Gasteiger charge is 2.22. The molecule has 0 saturated heterocycles. The molecule has 1 rings (SSSR count). The number of aliphatic carboxylic acids is 1. The number of carbonyl (C=O) groups is 1. The number of hydrogen-bond acceptors (Lipinski definition) is 2. The van der Waals surface area contributed by atoms with E-state index >= 15 is 0 Å². The Bertz CT molecular complexity index is 317. The number of benzene rings is 1. The predicted octanol–water partition coefficient (Wildman–Crippen LogP) is 2.80. The van der Waals surface area contributed by atoms with Gasteiger partial charge in [0.1, 0.15) is 0 Å². The van der Waals surface area contributed by atoms with E-state index in [1.807, 2.05) is 38.1 Å². The van der Waals surface area contributed by atoms with E-state index in [0.29, 0.717) is 0 Å². The molecular formula is C11H14O2S. The van der Waals surface area contributed by atoms with Crippen molar-refractivity contribution in [2.24, 2.45) is 5.92 Å². The minimum absolute atomic E-state index is 0.0956. The molecule has 0 aromatic heterocycles. The van der Waals surface area contributed by atoms with Gasteiger partial charge in [-0.1, -0.05) is 26.0 Å². The second-order valence-electron chi connectivity index (χ2n) is 3.65. The number of thiol groups is 1. The van der Waals surface area contributed by atoms with Crippen molar-refractivity contribution in [1.82, 2.24) is 0 Å². The minimum atomic E-state index is -0.771. The maximum atomic E-state index is 11.0. The van der Waals surface area contributed by atoms with E-state index in [1.165, 1.54) is 0 Å². The zero-order valence-corrected chi connectivity index (χ0v) is 9.16. The summed E-state index contributed by atoms with van der Waals surface area (Å²) in [7, 11) is 0. The van der Waals surface area contributed by atoms with Crippen LogP contribution in [0.25, 0.3) is 0 Å². The highest BCUT2D eigenvalue weighted by atomic mass is 32.1. The number of rotatable bonds is 3. The van der Waals surface area contributed by atoms with Gasteiger partial charge in [-0.2, -0.15) is 0 Å². The average Bonchev–Trinajstić information content (AvgIpc) is 2.07. The topological polar surface area (TPSA) is 37.3 Å². The van der Waals surface area contributed by atoms with Gasteiger partial charge in [0.25, 0.3) is 0 Å². The zero-order chi connectivity index (χ0) is 10.7. The van der Waals surface area contributed by atoms with E-state index in [-0.39, 0.29) is 5.92 Å². The molecule has 1 aromatic rings. The smallest absolute Gasteiger partial charge is 0.311 e. The van der Waals surface area contributed by atoms with Crippen molar-refractivity contribution >= 4 is 18.6 Å². The summed E-state index contributed by atoms with van der Waals surface area (Å²) in [5, 5.41) is 9.05. The number of hydrogen-bond donors (Lipinski definition) is 2. The van der Waals surface area contributed by atoms with E-state index in [2.05, 4.69) is 12.6 Å². The van der Waals surface area contributed by atoms with Crippen LogP contribution in [0.3, 0.4) is 0 Å². The van der Waals surface area contributed by atoms with Gasteiger partial charge >= 0.3 is 5.97 Å². The molecule has 14 heavy (non-hydrogen) atoms. The van der Waals surface area contributed by atoms with E-state index in [9.17, 15) is 4.79 Å². The second-order valence-corrected chi connectivity index (χ2v) is 4.17. The molecule has 1 unspecified atom stereocenters. The summed E-state index contributed by atoms with van der Waals surface area (Å²) in [6, 6.07) is 7.27. The first kappa shape index (κ1) is 11.1. The van der Waals surface area contributed by atoms with Crippen molar-refractivity contribution in [2.45, 2.75) is 24.7 Å². The number of carboxylic acids is 1. The molecule has 1 aromatic carbocycles. The van der Waals surface area contributed by atoms with Crippen LogP contribution in [0.2, 0.25) is 0 Å². The Balaban J connectivity index is 3.00. The highest BCUT2D eigenvalue weighted by molar-refractivity contribution is 7.80. The lowest BCUT2D eigenvalue weighted by Gasteiger charge is -2.16. The van der Waals surface area contributed by atoms with Crippen molar-refractivity contribution in [2.75, 3.05) is 0 Å². The summed E-state index contributed by atoms with van der Waals surface area (Å²) < 4.78 is 0. The van der Waals surface area contributed by atoms with E-state index in [4.69, 9.17) is 5.11 Å². The van der Waals surface area contributed by atoms with Gasteiger partial charge in [-0.05, 0) is 23.6 Å². The molecule has 2 nitrogen and oxygen atoms in total. The van der Waals surface area contributed by atoms with Crippen LogP contribution < -0.4 is 0 Å². The van der Waals surface area contributed by atoms with Crippen LogP contribution in [0.5, 0.6) is 0 Å². The van der Waals surface area contributed by atoms with Gasteiger partial charge in [-0.15, -0.1) is 12.6 Å². The highest BCUT2D eigenvalue weighted by Crippen LogP contribution is 2.25. The first-order chi connectivity index (χ1) is 6.52. The van der Waals surface area contributed by atoms with Crippen LogP contribution in [0.1, 0.15) is 25.3 Å². The molecule has 3 heteroatoms.